The van der Waals surface area contributed by atoms with E-state index in [-0.39, 0.29) is 12.1 Å². The zero-order chi connectivity index (χ0) is 30.3. The maximum atomic E-state index is 14.9. The highest BCUT2D eigenvalue weighted by molar-refractivity contribution is 7.89. The fourth-order valence-electron chi connectivity index (χ4n) is 4.67. The molecule has 0 unspecified atom stereocenters. The van der Waals surface area contributed by atoms with Crippen molar-refractivity contribution in [2.75, 3.05) is 0 Å². The number of sulfonamides is 1. The molecule has 0 radical (unpaired) electrons. The number of rotatable bonds is 8. The van der Waals surface area contributed by atoms with Gasteiger partial charge in [0.25, 0.3) is 0 Å². The number of thiazole rings is 1. The highest BCUT2D eigenvalue weighted by Crippen LogP contribution is 2.38. The van der Waals surface area contributed by atoms with Crippen LogP contribution in [0.2, 0.25) is 4.34 Å². The summed E-state index contributed by atoms with van der Waals surface area (Å²) in [6, 6.07) is 15.1. The van der Waals surface area contributed by atoms with Crippen molar-refractivity contribution in [2.24, 2.45) is 11.1 Å². The van der Waals surface area contributed by atoms with Crippen molar-refractivity contribution in [3.05, 3.63) is 103 Å². The van der Waals surface area contributed by atoms with Crippen LogP contribution in [0.25, 0.3) is 16.4 Å². The number of carbonyl (C=O) groups is 1. The van der Waals surface area contributed by atoms with E-state index in [1.807, 2.05) is 30.3 Å². The highest BCUT2D eigenvalue weighted by Gasteiger charge is 2.29. The Labute approximate surface area is 259 Å². The minimum absolute atomic E-state index is 0.0809. The average molecular weight is 653 g/mol. The lowest BCUT2D eigenvalue weighted by atomic mass is 9.96. The summed E-state index contributed by atoms with van der Waals surface area (Å²) in [5.41, 5.74) is 4.21. The molecule has 0 aliphatic heterocycles. The molecule has 6 rings (SSSR count). The van der Waals surface area contributed by atoms with E-state index in [9.17, 15) is 22.7 Å². The smallest absolute Gasteiger partial charge is 0.355 e. The third-order valence-electron chi connectivity index (χ3n) is 6.88. The van der Waals surface area contributed by atoms with E-state index in [2.05, 4.69) is 16.8 Å². The maximum absolute atomic E-state index is 14.9. The summed E-state index contributed by atoms with van der Waals surface area (Å²) in [7, 11) is -4.22. The van der Waals surface area contributed by atoms with Crippen LogP contribution in [0.4, 0.5) is 4.39 Å². The normalized spacial score (nSPS) is 13.1. The molecular formula is C30H22ClFN4O4S3. The first-order chi connectivity index (χ1) is 20.5. The van der Waals surface area contributed by atoms with E-state index in [0.29, 0.717) is 33.1 Å². The first-order valence-electron chi connectivity index (χ1n) is 13.0. The second-order valence-corrected chi connectivity index (χ2v) is 14.2. The number of benzene rings is 2. The van der Waals surface area contributed by atoms with Crippen LogP contribution in [0.1, 0.15) is 50.6 Å². The summed E-state index contributed by atoms with van der Waals surface area (Å²) in [6.45, 7) is 0. The second-order valence-electron chi connectivity index (χ2n) is 10.1. The van der Waals surface area contributed by atoms with E-state index >= 15 is 0 Å². The van der Waals surface area contributed by atoms with Crippen molar-refractivity contribution in [3.63, 3.8) is 0 Å². The van der Waals surface area contributed by atoms with Crippen molar-refractivity contribution in [1.82, 2.24) is 14.8 Å². The second kappa shape index (κ2) is 11.7. The quantitative estimate of drug-likeness (QED) is 0.194. The number of thiophene rings is 1. The molecule has 3 aromatic heterocycles. The van der Waals surface area contributed by atoms with Gasteiger partial charge in [-0.15, -0.1) is 22.7 Å². The monoisotopic (exact) mass is 652 g/mol. The lowest BCUT2D eigenvalue weighted by Crippen LogP contribution is -2.14. The van der Waals surface area contributed by atoms with Gasteiger partial charge in [0, 0.05) is 28.5 Å². The molecule has 0 atom stereocenters. The van der Waals surface area contributed by atoms with Gasteiger partial charge < -0.3 is 5.11 Å². The molecule has 2 aromatic carbocycles. The van der Waals surface area contributed by atoms with Gasteiger partial charge in [0.1, 0.15) is 10.7 Å². The Morgan fingerprint density at radius 3 is 2.63 bits per heavy atom. The third kappa shape index (κ3) is 6.56. The fourth-order valence-corrected chi connectivity index (χ4v) is 6.93. The van der Waals surface area contributed by atoms with Crippen LogP contribution in [0.3, 0.4) is 0 Å². The van der Waals surface area contributed by atoms with Crippen molar-refractivity contribution < 1.29 is 22.7 Å². The number of aromatic nitrogens is 3. The van der Waals surface area contributed by atoms with Crippen molar-refractivity contribution in [2.45, 2.75) is 30.6 Å². The van der Waals surface area contributed by atoms with Gasteiger partial charge in [0.15, 0.2) is 5.69 Å². The van der Waals surface area contributed by atoms with Crippen molar-refractivity contribution in [3.8, 4) is 28.2 Å². The number of primary sulfonamides is 1. The molecule has 1 saturated carbocycles. The Kier molecular flexibility index (Phi) is 7.93. The Hall–Kier alpha value is -3.86. The molecule has 0 saturated heterocycles. The van der Waals surface area contributed by atoms with Crippen LogP contribution in [-0.4, -0.2) is 34.3 Å². The Morgan fingerprint density at radius 2 is 1.98 bits per heavy atom. The van der Waals surface area contributed by atoms with E-state index < -0.39 is 26.7 Å². The molecule has 1 fully saturated rings. The first-order valence-corrected chi connectivity index (χ1v) is 16.7. The average Bonchev–Trinajstić information content (AvgIpc) is 3.30. The minimum Gasteiger partial charge on any atom is -0.476 e. The van der Waals surface area contributed by atoms with Gasteiger partial charge in [0.2, 0.25) is 15.2 Å². The molecule has 1 aliphatic rings. The Balaban J connectivity index is 1.49. The lowest BCUT2D eigenvalue weighted by molar-refractivity contribution is 0.0691. The predicted molar refractivity (Wildman–Crippen MR) is 164 cm³/mol. The molecule has 218 valence electrons. The molecule has 8 nitrogen and oxygen atoms in total. The zero-order valence-electron chi connectivity index (χ0n) is 22.3. The molecule has 13 heteroatoms. The topological polar surface area (TPSA) is 128 Å². The van der Waals surface area contributed by atoms with Crippen LogP contribution in [-0.2, 0) is 22.9 Å². The number of nitrogens with two attached hydrogens (primary N) is 1. The number of hydrogen-bond acceptors (Lipinski definition) is 7. The molecule has 0 spiro atoms. The summed E-state index contributed by atoms with van der Waals surface area (Å²) >= 11 is 8.60. The molecule has 1 aliphatic carbocycles. The van der Waals surface area contributed by atoms with E-state index in [4.69, 9.17) is 21.8 Å². The summed E-state index contributed by atoms with van der Waals surface area (Å²) in [6.07, 6.45) is 3.00. The summed E-state index contributed by atoms with van der Waals surface area (Å²) in [5.74, 6) is 4.64. The van der Waals surface area contributed by atoms with Gasteiger partial charge in [-0.05, 0) is 67.1 Å². The lowest BCUT2D eigenvalue weighted by Gasteiger charge is -2.10. The zero-order valence-corrected chi connectivity index (χ0v) is 25.5. The minimum atomic E-state index is -4.22. The number of nitrogens with zero attached hydrogens (tertiary/aromatic N) is 3. The maximum Gasteiger partial charge on any atom is 0.355 e. The number of aromatic carboxylic acids is 1. The van der Waals surface area contributed by atoms with Crippen LogP contribution >= 0.6 is 34.3 Å². The van der Waals surface area contributed by atoms with Crippen LogP contribution < -0.4 is 5.14 Å². The summed E-state index contributed by atoms with van der Waals surface area (Å²) < 4.78 is 40.8. The SMILES string of the molecule is NS(=O)(=O)c1ccc(Cc2c(-c3cccc(C#Cc4ccc(Cl)s4)c3)nn(-c3nc(C(=O)O)cs3)c2CC2CC2)cc1F. The largest absolute Gasteiger partial charge is 0.476 e. The standard InChI is InChI=1S/C30H22ClFN4O4S3/c31-27-11-9-21(42-27)8-6-17-2-1-3-20(12-17)28-22(13-19-7-10-26(23(32)14-19)43(33,39)40)25(15-18-4-5-18)36(35-28)30-34-24(16-41-30)29(37)38/h1-3,7,9-12,14,16,18H,4-5,13,15H2,(H,37,38)(H2,33,39,40). The number of hydrogen-bond donors (Lipinski definition) is 2. The molecule has 43 heavy (non-hydrogen) atoms. The van der Waals surface area contributed by atoms with Crippen LogP contribution in [0.5, 0.6) is 0 Å². The van der Waals surface area contributed by atoms with E-state index in [1.54, 1.807) is 10.7 Å². The molecule has 0 bridgehead atoms. The highest BCUT2D eigenvalue weighted by atomic mass is 35.5. The van der Waals surface area contributed by atoms with Gasteiger partial charge in [0.05, 0.1) is 20.6 Å². The molecule has 0 amide bonds. The van der Waals surface area contributed by atoms with Crippen LogP contribution in [0.15, 0.2) is 64.9 Å². The van der Waals surface area contributed by atoms with Gasteiger partial charge in [-0.25, -0.2) is 32.4 Å². The van der Waals surface area contributed by atoms with Crippen molar-refractivity contribution >= 4 is 50.3 Å². The Bertz CT molecular complexity index is 2050. The van der Waals surface area contributed by atoms with Gasteiger partial charge >= 0.3 is 5.97 Å². The number of carboxylic acid groups (broad SMARTS) is 1. The number of halogens is 2. The molecule has 5 aromatic rings. The van der Waals surface area contributed by atoms with E-state index in [1.165, 1.54) is 40.2 Å². The van der Waals surface area contributed by atoms with Crippen molar-refractivity contribution in [1.29, 1.82) is 0 Å². The van der Waals surface area contributed by atoms with E-state index in [0.717, 1.165) is 46.2 Å². The van der Waals surface area contributed by atoms with Crippen LogP contribution in [0, 0.1) is 23.6 Å². The van der Waals surface area contributed by atoms with Gasteiger partial charge in [-0.3, -0.25) is 0 Å². The molecule has 3 N–H and O–H groups in total. The van der Waals surface area contributed by atoms with Gasteiger partial charge in [-0.1, -0.05) is 41.6 Å². The third-order valence-corrected chi connectivity index (χ3v) is 9.79. The van der Waals surface area contributed by atoms with Gasteiger partial charge in [-0.2, -0.15) is 5.10 Å². The fraction of sp³-hybridized carbons (Fsp3) is 0.167. The Morgan fingerprint density at radius 1 is 1.16 bits per heavy atom. The molecule has 3 heterocycles. The first kappa shape index (κ1) is 29.2. The summed E-state index contributed by atoms with van der Waals surface area (Å²) in [4.78, 5) is 16.2. The predicted octanol–water partition coefficient (Wildman–Crippen LogP) is 6.14. The molecular weight excluding hydrogens is 631 g/mol. The number of carboxylic acids is 1. The summed E-state index contributed by atoms with van der Waals surface area (Å²) in [5, 5.41) is 21.5.